The molecule has 0 heterocycles. The van der Waals surface area contributed by atoms with Crippen molar-refractivity contribution in [3.05, 3.63) is 29.8 Å². The van der Waals surface area contributed by atoms with Crippen LogP contribution in [-0.4, -0.2) is 41.4 Å². The summed E-state index contributed by atoms with van der Waals surface area (Å²) in [6, 6.07) is 7.11. The summed E-state index contributed by atoms with van der Waals surface area (Å²) in [5.41, 5.74) is 1.36. The van der Waals surface area contributed by atoms with Gasteiger partial charge in [0.05, 0.1) is 18.4 Å². The zero-order valence-electron chi connectivity index (χ0n) is 11.5. The van der Waals surface area contributed by atoms with E-state index in [-0.39, 0.29) is 19.3 Å². The molecule has 5 nitrogen and oxygen atoms in total. The molecular formula is C14H21NO4. The predicted molar refractivity (Wildman–Crippen MR) is 73.0 cm³/mol. The molecule has 1 atom stereocenters. The van der Waals surface area contributed by atoms with Crippen LogP contribution in [0.25, 0.3) is 0 Å². The summed E-state index contributed by atoms with van der Waals surface area (Å²) in [4.78, 5) is 0. The van der Waals surface area contributed by atoms with Gasteiger partial charge in [-0.3, -0.25) is 0 Å². The molecule has 1 rings (SSSR count). The number of hydrogen-bond acceptors (Lipinski definition) is 5. The van der Waals surface area contributed by atoms with Gasteiger partial charge in [-0.2, -0.15) is 0 Å². The number of rotatable bonds is 7. The van der Waals surface area contributed by atoms with Crippen molar-refractivity contribution in [2.45, 2.75) is 33.0 Å². The maximum atomic E-state index is 9.64. The molecule has 1 aromatic rings. The van der Waals surface area contributed by atoms with Gasteiger partial charge in [0, 0.05) is 0 Å². The second-order valence-corrected chi connectivity index (χ2v) is 4.56. The number of aliphatic hydroxyl groups excluding tert-OH is 1. The summed E-state index contributed by atoms with van der Waals surface area (Å²) >= 11 is 0. The van der Waals surface area contributed by atoms with Crippen molar-refractivity contribution in [1.82, 2.24) is 0 Å². The summed E-state index contributed by atoms with van der Waals surface area (Å²) < 4.78 is 10.7. The van der Waals surface area contributed by atoms with E-state index in [0.717, 1.165) is 5.56 Å². The van der Waals surface area contributed by atoms with Gasteiger partial charge in [-0.1, -0.05) is 5.16 Å². The fourth-order valence-electron chi connectivity index (χ4n) is 1.39. The molecule has 0 aromatic heterocycles. The zero-order valence-corrected chi connectivity index (χ0v) is 11.5. The first-order valence-corrected chi connectivity index (χ1v) is 6.24. The molecule has 1 aromatic carbocycles. The van der Waals surface area contributed by atoms with Gasteiger partial charge in [-0.05, 0) is 50.6 Å². The van der Waals surface area contributed by atoms with Gasteiger partial charge < -0.3 is 19.8 Å². The Kier molecular flexibility index (Phi) is 6.32. The molecule has 0 bridgehead atoms. The van der Waals surface area contributed by atoms with Crippen LogP contribution in [0.3, 0.4) is 0 Å². The van der Waals surface area contributed by atoms with Crippen molar-refractivity contribution < 1.29 is 19.8 Å². The molecule has 19 heavy (non-hydrogen) atoms. The lowest BCUT2D eigenvalue weighted by molar-refractivity contribution is -0.0122. The monoisotopic (exact) mass is 267 g/mol. The third-order valence-electron chi connectivity index (χ3n) is 2.49. The van der Waals surface area contributed by atoms with Gasteiger partial charge in [0.1, 0.15) is 18.5 Å². The molecule has 0 amide bonds. The van der Waals surface area contributed by atoms with Gasteiger partial charge in [-0.15, -0.1) is 0 Å². The first-order valence-electron chi connectivity index (χ1n) is 6.24. The summed E-state index contributed by atoms with van der Waals surface area (Å²) in [6.45, 7) is 5.97. The smallest absolute Gasteiger partial charge is 0.119 e. The van der Waals surface area contributed by atoms with Crippen LogP contribution in [0.1, 0.15) is 26.3 Å². The van der Waals surface area contributed by atoms with Crippen molar-refractivity contribution in [1.29, 1.82) is 0 Å². The van der Waals surface area contributed by atoms with E-state index in [4.69, 9.17) is 14.7 Å². The van der Waals surface area contributed by atoms with E-state index in [1.165, 1.54) is 0 Å². The Morgan fingerprint density at radius 1 is 1.21 bits per heavy atom. The minimum atomic E-state index is -0.650. The van der Waals surface area contributed by atoms with E-state index < -0.39 is 6.10 Å². The molecule has 0 aliphatic carbocycles. The van der Waals surface area contributed by atoms with Crippen molar-refractivity contribution in [2.24, 2.45) is 5.16 Å². The van der Waals surface area contributed by atoms with Crippen molar-refractivity contribution in [2.75, 3.05) is 13.2 Å². The highest BCUT2D eigenvalue weighted by atomic mass is 16.5. The van der Waals surface area contributed by atoms with Crippen LogP contribution in [0.4, 0.5) is 0 Å². The Morgan fingerprint density at radius 3 is 2.37 bits per heavy atom. The minimum Gasteiger partial charge on any atom is -0.491 e. The van der Waals surface area contributed by atoms with Gasteiger partial charge in [0.25, 0.3) is 0 Å². The second kappa shape index (κ2) is 7.76. The van der Waals surface area contributed by atoms with E-state index in [1.807, 2.05) is 13.8 Å². The number of benzene rings is 1. The maximum absolute atomic E-state index is 9.64. The molecule has 0 aliphatic rings. The molecule has 0 fully saturated rings. The standard InChI is InChI=1S/C14H21NO4/c1-10(2)18-8-13(16)9-19-14-6-4-12(5-7-14)11(3)15-17/h4-7,10,13,16-17H,8-9H2,1-3H3. The van der Waals surface area contributed by atoms with Crippen molar-refractivity contribution in [3.8, 4) is 5.75 Å². The lowest BCUT2D eigenvalue weighted by Crippen LogP contribution is -2.25. The SMILES string of the molecule is CC(=NO)c1ccc(OCC(O)COC(C)C)cc1. The van der Waals surface area contributed by atoms with Crippen LogP contribution >= 0.6 is 0 Å². The first-order chi connectivity index (χ1) is 9.02. The van der Waals surface area contributed by atoms with Crippen LogP contribution in [-0.2, 0) is 4.74 Å². The average molecular weight is 267 g/mol. The van der Waals surface area contributed by atoms with Crippen LogP contribution in [0.15, 0.2) is 29.4 Å². The quantitative estimate of drug-likeness (QED) is 0.450. The molecule has 0 saturated heterocycles. The minimum absolute atomic E-state index is 0.0923. The lowest BCUT2D eigenvalue weighted by Gasteiger charge is -2.14. The number of oxime groups is 1. The van der Waals surface area contributed by atoms with Crippen molar-refractivity contribution in [3.63, 3.8) is 0 Å². The number of nitrogens with zero attached hydrogens (tertiary/aromatic N) is 1. The van der Waals surface area contributed by atoms with E-state index >= 15 is 0 Å². The molecule has 0 spiro atoms. The van der Waals surface area contributed by atoms with Gasteiger partial charge in [0.2, 0.25) is 0 Å². The molecule has 0 saturated carbocycles. The largest absolute Gasteiger partial charge is 0.491 e. The Bertz CT molecular complexity index is 400. The Hall–Kier alpha value is -1.59. The highest BCUT2D eigenvalue weighted by molar-refractivity contribution is 5.98. The third kappa shape index (κ3) is 5.72. The highest BCUT2D eigenvalue weighted by Crippen LogP contribution is 2.13. The van der Waals surface area contributed by atoms with Crippen LogP contribution in [0.2, 0.25) is 0 Å². The predicted octanol–water partition coefficient (Wildman–Crippen LogP) is 2.05. The Balaban J connectivity index is 2.41. The Morgan fingerprint density at radius 2 is 1.84 bits per heavy atom. The lowest BCUT2D eigenvalue weighted by atomic mass is 10.1. The van der Waals surface area contributed by atoms with Gasteiger partial charge in [-0.25, -0.2) is 0 Å². The fraction of sp³-hybridized carbons (Fsp3) is 0.500. The molecule has 2 N–H and O–H groups in total. The summed E-state index contributed by atoms with van der Waals surface area (Å²) in [5, 5.41) is 21.4. The zero-order chi connectivity index (χ0) is 14.3. The molecular weight excluding hydrogens is 246 g/mol. The fourth-order valence-corrected chi connectivity index (χ4v) is 1.39. The summed E-state index contributed by atoms with van der Waals surface area (Å²) in [6.07, 6.45) is -0.558. The van der Waals surface area contributed by atoms with Gasteiger partial charge in [0.15, 0.2) is 0 Å². The van der Waals surface area contributed by atoms with E-state index in [9.17, 15) is 5.11 Å². The molecule has 106 valence electrons. The van der Waals surface area contributed by atoms with E-state index in [2.05, 4.69) is 5.16 Å². The van der Waals surface area contributed by atoms with Gasteiger partial charge >= 0.3 is 0 Å². The van der Waals surface area contributed by atoms with Crippen LogP contribution in [0, 0.1) is 0 Å². The van der Waals surface area contributed by atoms with Crippen LogP contribution in [0.5, 0.6) is 5.75 Å². The van der Waals surface area contributed by atoms with Crippen LogP contribution < -0.4 is 4.74 Å². The summed E-state index contributed by atoms with van der Waals surface area (Å²) in [5.74, 6) is 0.651. The molecule has 5 heteroatoms. The maximum Gasteiger partial charge on any atom is 0.119 e. The molecule has 1 unspecified atom stereocenters. The van der Waals surface area contributed by atoms with E-state index in [0.29, 0.717) is 11.5 Å². The second-order valence-electron chi connectivity index (χ2n) is 4.56. The first kappa shape index (κ1) is 15.5. The molecule has 0 radical (unpaired) electrons. The Labute approximate surface area is 113 Å². The number of aliphatic hydroxyl groups is 1. The third-order valence-corrected chi connectivity index (χ3v) is 2.49. The molecule has 0 aliphatic heterocycles. The number of hydrogen-bond donors (Lipinski definition) is 2. The highest BCUT2D eigenvalue weighted by Gasteiger charge is 2.07. The van der Waals surface area contributed by atoms with Crippen molar-refractivity contribution >= 4 is 5.71 Å². The topological polar surface area (TPSA) is 71.3 Å². The summed E-state index contributed by atoms with van der Waals surface area (Å²) in [7, 11) is 0. The average Bonchev–Trinajstić information content (AvgIpc) is 2.42. The normalized spacial score (nSPS) is 13.6. The van der Waals surface area contributed by atoms with E-state index in [1.54, 1.807) is 31.2 Å². The number of ether oxygens (including phenoxy) is 2.